The van der Waals surface area contributed by atoms with E-state index in [1.54, 1.807) is 18.2 Å². The van der Waals surface area contributed by atoms with Crippen molar-refractivity contribution in [2.24, 2.45) is 0 Å². The molecule has 20 heavy (non-hydrogen) atoms. The fourth-order valence-corrected chi connectivity index (χ4v) is 2.61. The summed E-state index contributed by atoms with van der Waals surface area (Å²) in [5, 5.41) is 1.09. The minimum Gasteiger partial charge on any atom is -0.383 e. The maximum atomic E-state index is 6.18. The number of terminal acetylenes is 1. The molecule has 0 aliphatic rings. The Labute approximate surface area is 128 Å². The van der Waals surface area contributed by atoms with Gasteiger partial charge in [-0.3, -0.25) is 0 Å². The molecular formula is C15H15Cl2N3. The van der Waals surface area contributed by atoms with Crippen LogP contribution >= 0.6 is 23.2 Å². The van der Waals surface area contributed by atoms with Crippen molar-refractivity contribution in [2.45, 2.75) is 26.3 Å². The third-order valence-corrected chi connectivity index (χ3v) is 3.37. The Morgan fingerprint density at radius 1 is 1.30 bits per heavy atom. The molecule has 1 aromatic carbocycles. The minimum atomic E-state index is 0.217. The smallest absolute Gasteiger partial charge is 0.132 e. The van der Waals surface area contributed by atoms with Crippen LogP contribution in [0.1, 0.15) is 25.6 Å². The van der Waals surface area contributed by atoms with Gasteiger partial charge in [-0.05, 0) is 18.2 Å². The molecule has 0 amide bonds. The lowest BCUT2D eigenvalue weighted by molar-refractivity contribution is 0.691. The lowest BCUT2D eigenvalue weighted by Crippen LogP contribution is -2.07. The number of nitrogens with two attached hydrogens (primary N) is 1. The van der Waals surface area contributed by atoms with E-state index < -0.39 is 0 Å². The van der Waals surface area contributed by atoms with Gasteiger partial charge in [-0.1, -0.05) is 43.0 Å². The predicted molar refractivity (Wildman–Crippen MR) is 85.0 cm³/mol. The number of benzene rings is 1. The summed E-state index contributed by atoms with van der Waals surface area (Å²) in [6.07, 6.45) is 5.40. The van der Waals surface area contributed by atoms with Crippen molar-refractivity contribution < 1.29 is 0 Å². The summed E-state index contributed by atoms with van der Waals surface area (Å²) < 4.78 is 1.84. The topological polar surface area (TPSA) is 43.8 Å². The van der Waals surface area contributed by atoms with Gasteiger partial charge in [0.15, 0.2) is 0 Å². The van der Waals surface area contributed by atoms with Crippen LogP contribution in [-0.4, -0.2) is 9.55 Å². The van der Waals surface area contributed by atoms with Crippen molar-refractivity contribution in [2.75, 3.05) is 5.73 Å². The fraction of sp³-hybridized carbons (Fsp3) is 0.267. The van der Waals surface area contributed by atoms with Crippen molar-refractivity contribution in [3.05, 3.63) is 34.1 Å². The van der Waals surface area contributed by atoms with Crippen LogP contribution in [0, 0.1) is 12.3 Å². The SMILES string of the molecule is C#CCn1c(C(C)C)nc(-c2cc(Cl)cc(Cl)c2)c1N. The van der Waals surface area contributed by atoms with E-state index in [0.29, 0.717) is 28.1 Å². The van der Waals surface area contributed by atoms with Gasteiger partial charge < -0.3 is 10.3 Å². The molecule has 0 fully saturated rings. The van der Waals surface area contributed by atoms with Gasteiger partial charge in [-0.15, -0.1) is 6.42 Å². The molecule has 0 unspecified atom stereocenters. The van der Waals surface area contributed by atoms with Crippen molar-refractivity contribution in [3.8, 4) is 23.6 Å². The van der Waals surface area contributed by atoms with E-state index >= 15 is 0 Å². The molecule has 3 nitrogen and oxygen atoms in total. The number of rotatable bonds is 3. The Kier molecular flexibility index (Phi) is 4.27. The summed E-state index contributed by atoms with van der Waals surface area (Å²) in [6, 6.07) is 5.25. The minimum absolute atomic E-state index is 0.217. The molecule has 0 aliphatic carbocycles. The number of hydrogen-bond acceptors (Lipinski definition) is 2. The Balaban J connectivity index is 2.63. The molecule has 0 saturated carbocycles. The molecule has 0 aliphatic heterocycles. The van der Waals surface area contributed by atoms with Gasteiger partial charge >= 0.3 is 0 Å². The number of imidazole rings is 1. The summed E-state index contributed by atoms with van der Waals surface area (Å²) in [5.74, 6) is 4.20. The molecule has 0 atom stereocenters. The molecule has 0 saturated heterocycles. The van der Waals surface area contributed by atoms with E-state index in [0.717, 1.165) is 11.4 Å². The van der Waals surface area contributed by atoms with Gasteiger partial charge in [0.2, 0.25) is 0 Å². The van der Waals surface area contributed by atoms with Crippen LogP contribution in [0.25, 0.3) is 11.3 Å². The number of nitrogen functional groups attached to an aromatic ring is 1. The highest BCUT2D eigenvalue weighted by atomic mass is 35.5. The van der Waals surface area contributed by atoms with Gasteiger partial charge in [-0.25, -0.2) is 4.98 Å². The van der Waals surface area contributed by atoms with E-state index in [1.165, 1.54) is 0 Å². The second-order valence-electron chi connectivity index (χ2n) is 4.81. The second kappa shape index (κ2) is 5.78. The molecule has 5 heteroatoms. The van der Waals surface area contributed by atoms with E-state index in [-0.39, 0.29) is 5.92 Å². The molecule has 2 rings (SSSR count). The first-order valence-electron chi connectivity index (χ1n) is 6.19. The molecular weight excluding hydrogens is 293 g/mol. The Morgan fingerprint density at radius 2 is 1.90 bits per heavy atom. The molecule has 0 radical (unpaired) electrons. The zero-order valence-corrected chi connectivity index (χ0v) is 12.8. The summed E-state index contributed by atoms with van der Waals surface area (Å²) in [7, 11) is 0. The lowest BCUT2D eigenvalue weighted by atomic mass is 10.1. The fourth-order valence-electron chi connectivity index (χ4n) is 2.08. The maximum absolute atomic E-state index is 6.18. The van der Waals surface area contributed by atoms with E-state index in [2.05, 4.69) is 10.9 Å². The molecule has 0 bridgehead atoms. The third-order valence-electron chi connectivity index (χ3n) is 2.94. The largest absolute Gasteiger partial charge is 0.383 e. The summed E-state index contributed by atoms with van der Waals surface area (Å²) >= 11 is 12.1. The second-order valence-corrected chi connectivity index (χ2v) is 5.68. The number of halogens is 2. The van der Waals surface area contributed by atoms with Gasteiger partial charge in [0.05, 0.1) is 6.54 Å². The van der Waals surface area contributed by atoms with Crippen LogP contribution in [0.5, 0.6) is 0 Å². The van der Waals surface area contributed by atoms with E-state index in [4.69, 9.17) is 35.4 Å². The lowest BCUT2D eigenvalue weighted by Gasteiger charge is -2.08. The number of hydrogen-bond donors (Lipinski definition) is 1. The third kappa shape index (κ3) is 2.77. The number of aromatic nitrogens is 2. The van der Waals surface area contributed by atoms with Crippen molar-refractivity contribution in [1.29, 1.82) is 0 Å². The van der Waals surface area contributed by atoms with Crippen LogP contribution in [0.3, 0.4) is 0 Å². The first-order chi connectivity index (χ1) is 9.43. The highest BCUT2D eigenvalue weighted by Crippen LogP contribution is 2.32. The first-order valence-corrected chi connectivity index (χ1v) is 6.95. The number of nitrogens with zero attached hydrogens (tertiary/aromatic N) is 2. The van der Waals surface area contributed by atoms with Crippen LogP contribution in [-0.2, 0) is 6.54 Å². The Bertz CT molecular complexity index is 661. The molecule has 2 aromatic rings. The van der Waals surface area contributed by atoms with Crippen molar-refractivity contribution >= 4 is 29.0 Å². The predicted octanol–water partition coefficient (Wildman–Crippen LogP) is 4.20. The Hall–Kier alpha value is -1.63. The molecule has 0 spiro atoms. The quantitative estimate of drug-likeness (QED) is 0.864. The standard InChI is InChI=1S/C15H15Cl2N3/c1-4-5-20-14(18)13(19-15(20)9(2)3)10-6-11(16)8-12(17)7-10/h1,6-9H,5,18H2,2-3H3. The average molecular weight is 308 g/mol. The summed E-state index contributed by atoms with van der Waals surface area (Å²) in [4.78, 5) is 4.61. The van der Waals surface area contributed by atoms with Crippen LogP contribution in [0.2, 0.25) is 10.0 Å². The zero-order valence-electron chi connectivity index (χ0n) is 11.3. The van der Waals surface area contributed by atoms with Crippen LogP contribution in [0.4, 0.5) is 5.82 Å². The van der Waals surface area contributed by atoms with Crippen molar-refractivity contribution in [1.82, 2.24) is 9.55 Å². The van der Waals surface area contributed by atoms with E-state index in [9.17, 15) is 0 Å². The molecule has 104 valence electrons. The first kappa shape index (κ1) is 14.8. The van der Waals surface area contributed by atoms with Gasteiger partial charge in [0.25, 0.3) is 0 Å². The van der Waals surface area contributed by atoms with Gasteiger partial charge in [0.1, 0.15) is 17.3 Å². The highest BCUT2D eigenvalue weighted by molar-refractivity contribution is 6.35. The zero-order chi connectivity index (χ0) is 14.9. The van der Waals surface area contributed by atoms with E-state index in [1.807, 2.05) is 18.4 Å². The monoisotopic (exact) mass is 307 g/mol. The molecule has 1 aromatic heterocycles. The summed E-state index contributed by atoms with van der Waals surface area (Å²) in [5.41, 5.74) is 7.63. The van der Waals surface area contributed by atoms with Gasteiger partial charge in [-0.2, -0.15) is 0 Å². The van der Waals surface area contributed by atoms with Gasteiger partial charge in [0, 0.05) is 21.5 Å². The number of anilines is 1. The van der Waals surface area contributed by atoms with Crippen LogP contribution < -0.4 is 5.73 Å². The normalized spacial score (nSPS) is 10.8. The average Bonchev–Trinajstić information content (AvgIpc) is 2.67. The summed E-state index contributed by atoms with van der Waals surface area (Å²) in [6.45, 7) is 4.48. The maximum Gasteiger partial charge on any atom is 0.132 e. The Morgan fingerprint density at radius 3 is 2.40 bits per heavy atom. The molecule has 1 heterocycles. The highest BCUT2D eigenvalue weighted by Gasteiger charge is 2.18. The van der Waals surface area contributed by atoms with Crippen LogP contribution in [0.15, 0.2) is 18.2 Å². The molecule has 2 N–H and O–H groups in total. The van der Waals surface area contributed by atoms with Crippen molar-refractivity contribution in [3.63, 3.8) is 0 Å².